The predicted molar refractivity (Wildman–Crippen MR) is 69.0 cm³/mol. The van der Waals surface area contributed by atoms with Gasteiger partial charge in [0.25, 0.3) is 0 Å². The summed E-state index contributed by atoms with van der Waals surface area (Å²) in [6.07, 6.45) is 4.72. The molecule has 98 valence electrons. The predicted octanol–water partition coefficient (Wildman–Crippen LogP) is 0.683. The summed E-state index contributed by atoms with van der Waals surface area (Å²) in [6, 6.07) is 0.760. The van der Waals surface area contributed by atoms with Gasteiger partial charge in [-0.25, -0.2) is 0 Å². The molecule has 1 aliphatic carbocycles. The Labute approximate surface area is 104 Å². The number of nitrogens with zero attached hydrogens (tertiary/aromatic N) is 2. The third-order valence-electron chi connectivity index (χ3n) is 4.08. The number of hydrogen-bond acceptors (Lipinski definition) is 3. The van der Waals surface area contributed by atoms with E-state index in [0.29, 0.717) is 12.3 Å². The maximum atomic E-state index is 12.0. The van der Waals surface area contributed by atoms with Gasteiger partial charge in [-0.3, -0.25) is 4.79 Å². The Balaban J connectivity index is 1.70. The van der Waals surface area contributed by atoms with Crippen LogP contribution in [0.15, 0.2) is 0 Å². The van der Waals surface area contributed by atoms with Crippen LogP contribution in [-0.4, -0.2) is 61.0 Å². The molecule has 1 saturated carbocycles. The van der Waals surface area contributed by atoms with Crippen molar-refractivity contribution in [3.63, 3.8) is 0 Å². The zero-order valence-corrected chi connectivity index (χ0v) is 11.0. The summed E-state index contributed by atoms with van der Waals surface area (Å²) in [6.45, 7) is 7.90. The third kappa shape index (κ3) is 3.42. The van der Waals surface area contributed by atoms with E-state index in [4.69, 9.17) is 0 Å². The maximum Gasteiger partial charge on any atom is 0.223 e. The summed E-state index contributed by atoms with van der Waals surface area (Å²) < 4.78 is 0. The molecule has 0 aromatic heterocycles. The monoisotopic (exact) mass is 239 g/mol. The van der Waals surface area contributed by atoms with E-state index < -0.39 is 0 Å². The van der Waals surface area contributed by atoms with E-state index in [1.165, 1.54) is 19.3 Å². The van der Waals surface area contributed by atoms with Crippen molar-refractivity contribution < 1.29 is 4.79 Å². The van der Waals surface area contributed by atoms with Crippen molar-refractivity contribution in [3.05, 3.63) is 0 Å². The van der Waals surface area contributed by atoms with E-state index in [2.05, 4.69) is 17.1 Å². The van der Waals surface area contributed by atoms with E-state index in [9.17, 15) is 4.79 Å². The Hall–Kier alpha value is -0.610. The molecule has 4 nitrogen and oxygen atoms in total. The third-order valence-corrected chi connectivity index (χ3v) is 4.08. The molecule has 0 spiro atoms. The lowest BCUT2D eigenvalue weighted by Gasteiger charge is -2.37. The average molecular weight is 239 g/mol. The first-order valence-electron chi connectivity index (χ1n) is 7.04. The second kappa shape index (κ2) is 6.36. The molecule has 1 saturated heterocycles. The summed E-state index contributed by atoms with van der Waals surface area (Å²) in [5.41, 5.74) is 0. The highest BCUT2D eigenvalue weighted by atomic mass is 16.2. The van der Waals surface area contributed by atoms with E-state index in [0.717, 1.165) is 45.3 Å². The average Bonchev–Trinajstić information content (AvgIpc) is 2.32. The highest BCUT2D eigenvalue weighted by molar-refractivity contribution is 5.76. The molecule has 0 radical (unpaired) electrons. The van der Waals surface area contributed by atoms with Crippen LogP contribution in [0.25, 0.3) is 0 Å². The van der Waals surface area contributed by atoms with Gasteiger partial charge in [0.2, 0.25) is 5.91 Å². The normalized spacial score (nSPS) is 21.6. The Bertz CT molecular complexity index is 247. The number of carbonyl (C=O) groups is 1. The second-order valence-electron chi connectivity index (χ2n) is 5.09. The SMILES string of the molecule is CCN(CCC(=O)N1CCNCC1)C1CCC1. The Morgan fingerprint density at radius 1 is 1.35 bits per heavy atom. The molecule has 4 heteroatoms. The number of nitrogens with one attached hydrogen (secondary N) is 1. The minimum Gasteiger partial charge on any atom is -0.340 e. The zero-order valence-electron chi connectivity index (χ0n) is 11.0. The molecular weight excluding hydrogens is 214 g/mol. The smallest absolute Gasteiger partial charge is 0.223 e. The lowest BCUT2D eigenvalue weighted by Crippen LogP contribution is -2.48. The van der Waals surface area contributed by atoms with Gasteiger partial charge in [-0.05, 0) is 19.4 Å². The lowest BCUT2D eigenvalue weighted by atomic mass is 9.91. The van der Waals surface area contributed by atoms with Crippen LogP contribution in [0.4, 0.5) is 0 Å². The summed E-state index contributed by atoms with van der Waals surface area (Å²) in [4.78, 5) is 16.5. The summed E-state index contributed by atoms with van der Waals surface area (Å²) >= 11 is 0. The molecule has 17 heavy (non-hydrogen) atoms. The number of rotatable bonds is 5. The zero-order chi connectivity index (χ0) is 12.1. The topological polar surface area (TPSA) is 35.6 Å². The lowest BCUT2D eigenvalue weighted by molar-refractivity contribution is -0.132. The van der Waals surface area contributed by atoms with Crippen molar-refractivity contribution in [2.75, 3.05) is 39.3 Å². The Kier molecular flexibility index (Phi) is 4.80. The molecule has 1 heterocycles. The van der Waals surface area contributed by atoms with Crippen LogP contribution < -0.4 is 5.32 Å². The van der Waals surface area contributed by atoms with Crippen molar-refractivity contribution >= 4 is 5.91 Å². The van der Waals surface area contributed by atoms with E-state index >= 15 is 0 Å². The minimum atomic E-state index is 0.337. The van der Waals surface area contributed by atoms with Crippen LogP contribution in [-0.2, 0) is 4.79 Å². The van der Waals surface area contributed by atoms with E-state index in [-0.39, 0.29) is 0 Å². The maximum absolute atomic E-state index is 12.0. The molecule has 0 aromatic carbocycles. The minimum absolute atomic E-state index is 0.337. The van der Waals surface area contributed by atoms with Gasteiger partial charge >= 0.3 is 0 Å². The molecule has 0 atom stereocenters. The fourth-order valence-corrected chi connectivity index (χ4v) is 2.66. The van der Waals surface area contributed by atoms with Crippen LogP contribution in [0.2, 0.25) is 0 Å². The number of carbonyl (C=O) groups excluding carboxylic acids is 1. The van der Waals surface area contributed by atoms with Gasteiger partial charge in [0.15, 0.2) is 0 Å². The molecule has 2 aliphatic rings. The van der Waals surface area contributed by atoms with Crippen molar-refractivity contribution in [3.8, 4) is 0 Å². The first kappa shape index (κ1) is 12.8. The van der Waals surface area contributed by atoms with Gasteiger partial charge < -0.3 is 15.1 Å². The summed E-state index contributed by atoms with van der Waals surface area (Å²) in [7, 11) is 0. The molecule has 0 aromatic rings. The molecule has 1 N–H and O–H groups in total. The second-order valence-corrected chi connectivity index (χ2v) is 5.09. The van der Waals surface area contributed by atoms with Crippen molar-refractivity contribution in [1.29, 1.82) is 0 Å². The summed E-state index contributed by atoms with van der Waals surface area (Å²) in [5.74, 6) is 0.337. The molecule has 1 aliphatic heterocycles. The molecule has 0 unspecified atom stereocenters. The summed E-state index contributed by atoms with van der Waals surface area (Å²) in [5, 5.41) is 3.28. The van der Waals surface area contributed by atoms with Gasteiger partial charge in [-0.1, -0.05) is 13.3 Å². The van der Waals surface area contributed by atoms with Crippen LogP contribution in [0.3, 0.4) is 0 Å². The molecule has 2 fully saturated rings. The highest BCUT2D eigenvalue weighted by Crippen LogP contribution is 2.24. The quantitative estimate of drug-likeness (QED) is 0.766. The molecule has 1 amide bonds. The van der Waals surface area contributed by atoms with Crippen LogP contribution in [0, 0.1) is 0 Å². The fourth-order valence-electron chi connectivity index (χ4n) is 2.66. The molecule has 0 bridgehead atoms. The number of piperazine rings is 1. The van der Waals surface area contributed by atoms with Crippen molar-refractivity contribution in [2.45, 2.75) is 38.6 Å². The van der Waals surface area contributed by atoms with Gasteiger partial charge in [0.1, 0.15) is 0 Å². The van der Waals surface area contributed by atoms with E-state index in [1.807, 2.05) is 4.90 Å². The Morgan fingerprint density at radius 2 is 2.06 bits per heavy atom. The van der Waals surface area contributed by atoms with Crippen LogP contribution in [0.5, 0.6) is 0 Å². The highest BCUT2D eigenvalue weighted by Gasteiger charge is 2.24. The van der Waals surface area contributed by atoms with Crippen molar-refractivity contribution in [2.24, 2.45) is 0 Å². The first-order chi connectivity index (χ1) is 8.31. The van der Waals surface area contributed by atoms with Crippen molar-refractivity contribution in [1.82, 2.24) is 15.1 Å². The molecular formula is C13H25N3O. The van der Waals surface area contributed by atoms with Gasteiger partial charge in [-0.15, -0.1) is 0 Å². The standard InChI is InChI=1S/C13H25N3O/c1-2-15(12-4-3-5-12)9-6-13(17)16-10-7-14-8-11-16/h12,14H,2-11H2,1H3. The van der Waals surface area contributed by atoms with Gasteiger partial charge in [0.05, 0.1) is 0 Å². The van der Waals surface area contributed by atoms with Gasteiger partial charge in [-0.2, -0.15) is 0 Å². The van der Waals surface area contributed by atoms with E-state index in [1.54, 1.807) is 0 Å². The first-order valence-corrected chi connectivity index (χ1v) is 7.04. The number of amides is 1. The van der Waals surface area contributed by atoms with Gasteiger partial charge in [0, 0.05) is 45.2 Å². The fraction of sp³-hybridized carbons (Fsp3) is 0.923. The largest absolute Gasteiger partial charge is 0.340 e. The Morgan fingerprint density at radius 3 is 2.59 bits per heavy atom. The van der Waals surface area contributed by atoms with Crippen LogP contribution in [0.1, 0.15) is 32.6 Å². The molecule has 2 rings (SSSR count). The van der Waals surface area contributed by atoms with Crippen LogP contribution >= 0.6 is 0 Å². The number of hydrogen-bond donors (Lipinski definition) is 1.